The van der Waals surface area contributed by atoms with Gasteiger partial charge in [-0.05, 0) is 12.1 Å². The molecule has 88 valence electrons. The fourth-order valence-corrected chi connectivity index (χ4v) is 1.79. The van der Waals surface area contributed by atoms with E-state index in [1.807, 2.05) is 24.3 Å². The fourth-order valence-electron chi connectivity index (χ4n) is 1.79. The number of nitrogens with zero attached hydrogens (tertiary/aromatic N) is 2. The topological polar surface area (TPSA) is 76.2 Å². The minimum Gasteiger partial charge on any atom is -0.475 e. The van der Waals surface area contributed by atoms with Gasteiger partial charge >= 0.3 is 5.97 Å². The van der Waals surface area contributed by atoms with E-state index in [4.69, 9.17) is 9.52 Å². The molecule has 0 fully saturated rings. The Morgan fingerprint density at radius 3 is 2.89 bits per heavy atom. The first kappa shape index (κ1) is 10.5. The summed E-state index contributed by atoms with van der Waals surface area (Å²) in [6.07, 6.45) is 2.99. The van der Waals surface area contributed by atoms with E-state index < -0.39 is 5.97 Å². The van der Waals surface area contributed by atoms with Crippen molar-refractivity contribution in [2.24, 2.45) is 0 Å². The Bertz CT molecular complexity index is 734. The molecule has 3 rings (SSSR count). The summed E-state index contributed by atoms with van der Waals surface area (Å²) in [6, 6.07) is 9.16. The summed E-state index contributed by atoms with van der Waals surface area (Å²) in [5.41, 5.74) is 2.03. The summed E-state index contributed by atoms with van der Waals surface area (Å²) in [7, 11) is 0. The molecule has 1 N–H and O–H groups in total. The van der Waals surface area contributed by atoms with Gasteiger partial charge in [0.15, 0.2) is 0 Å². The number of carboxylic acids is 1. The lowest BCUT2D eigenvalue weighted by Gasteiger charge is -1.98. The summed E-state index contributed by atoms with van der Waals surface area (Å²) >= 11 is 0. The lowest BCUT2D eigenvalue weighted by atomic mass is 10.1. The molecule has 18 heavy (non-hydrogen) atoms. The van der Waals surface area contributed by atoms with Crippen LogP contribution < -0.4 is 0 Å². The predicted octanol–water partition coefficient (Wildman–Crippen LogP) is 2.59. The molecule has 0 saturated heterocycles. The van der Waals surface area contributed by atoms with Crippen molar-refractivity contribution < 1.29 is 14.3 Å². The fraction of sp³-hybridized carbons (Fsp3) is 0. The predicted molar refractivity (Wildman–Crippen MR) is 64.2 cm³/mol. The number of hydrogen-bond acceptors (Lipinski definition) is 4. The first-order valence-corrected chi connectivity index (χ1v) is 5.28. The normalized spacial score (nSPS) is 10.7. The van der Waals surface area contributed by atoms with E-state index in [1.165, 1.54) is 6.20 Å². The van der Waals surface area contributed by atoms with Crippen molar-refractivity contribution in [3.8, 4) is 11.3 Å². The largest absolute Gasteiger partial charge is 0.475 e. The third-order valence-electron chi connectivity index (χ3n) is 2.60. The van der Waals surface area contributed by atoms with Gasteiger partial charge in [-0.2, -0.15) is 0 Å². The monoisotopic (exact) mass is 240 g/mol. The first-order chi connectivity index (χ1) is 8.75. The zero-order valence-electron chi connectivity index (χ0n) is 9.20. The molecule has 0 saturated carbocycles. The molecule has 3 aromatic rings. The number of carboxylic acid groups (broad SMARTS) is 1. The highest BCUT2D eigenvalue weighted by molar-refractivity contribution is 5.93. The number of carbonyl (C=O) groups is 1. The second-order valence-electron chi connectivity index (χ2n) is 3.72. The van der Waals surface area contributed by atoms with Crippen molar-refractivity contribution in [1.82, 2.24) is 9.97 Å². The van der Waals surface area contributed by atoms with Gasteiger partial charge < -0.3 is 9.52 Å². The Kier molecular flexibility index (Phi) is 2.30. The van der Waals surface area contributed by atoms with Crippen molar-refractivity contribution in [3.05, 3.63) is 48.6 Å². The van der Waals surface area contributed by atoms with E-state index in [1.54, 1.807) is 12.3 Å². The SMILES string of the molecule is O=C(O)c1nccc(-c2coc3ccccc23)n1. The van der Waals surface area contributed by atoms with E-state index in [0.717, 1.165) is 16.5 Å². The van der Waals surface area contributed by atoms with Crippen LogP contribution in [0.4, 0.5) is 0 Å². The summed E-state index contributed by atoms with van der Waals surface area (Å²) in [5.74, 6) is -1.37. The van der Waals surface area contributed by atoms with Crippen molar-refractivity contribution in [1.29, 1.82) is 0 Å². The molecule has 0 radical (unpaired) electrons. The van der Waals surface area contributed by atoms with Crippen LogP contribution in [0.2, 0.25) is 0 Å². The minimum absolute atomic E-state index is 0.224. The maximum atomic E-state index is 10.8. The van der Waals surface area contributed by atoms with Gasteiger partial charge in [-0.15, -0.1) is 0 Å². The lowest BCUT2D eigenvalue weighted by Crippen LogP contribution is -2.03. The number of rotatable bonds is 2. The number of aromatic carboxylic acids is 1. The second kappa shape index (κ2) is 3.96. The quantitative estimate of drug-likeness (QED) is 0.745. The van der Waals surface area contributed by atoms with Crippen LogP contribution in [-0.4, -0.2) is 21.0 Å². The zero-order valence-corrected chi connectivity index (χ0v) is 9.20. The van der Waals surface area contributed by atoms with Crippen molar-refractivity contribution in [2.75, 3.05) is 0 Å². The maximum Gasteiger partial charge on any atom is 0.373 e. The molecule has 0 aliphatic carbocycles. The summed E-state index contributed by atoms with van der Waals surface area (Å²) in [6.45, 7) is 0. The van der Waals surface area contributed by atoms with Crippen LogP contribution >= 0.6 is 0 Å². The van der Waals surface area contributed by atoms with E-state index >= 15 is 0 Å². The molecule has 0 bridgehead atoms. The molecule has 1 aromatic carbocycles. The van der Waals surface area contributed by atoms with Gasteiger partial charge in [0.1, 0.15) is 11.8 Å². The Morgan fingerprint density at radius 1 is 1.22 bits per heavy atom. The lowest BCUT2D eigenvalue weighted by molar-refractivity contribution is 0.0683. The zero-order chi connectivity index (χ0) is 12.5. The molecule has 5 nitrogen and oxygen atoms in total. The average molecular weight is 240 g/mol. The maximum absolute atomic E-state index is 10.8. The third-order valence-corrected chi connectivity index (χ3v) is 2.60. The van der Waals surface area contributed by atoms with Crippen LogP contribution in [0.5, 0.6) is 0 Å². The van der Waals surface area contributed by atoms with Gasteiger partial charge in [0.2, 0.25) is 5.82 Å². The van der Waals surface area contributed by atoms with E-state index in [-0.39, 0.29) is 5.82 Å². The van der Waals surface area contributed by atoms with Crippen LogP contribution in [0.3, 0.4) is 0 Å². The van der Waals surface area contributed by atoms with Crippen molar-refractivity contribution in [3.63, 3.8) is 0 Å². The highest BCUT2D eigenvalue weighted by Crippen LogP contribution is 2.28. The van der Waals surface area contributed by atoms with Crippen molar-refractivity contribution in [2.45, 2.75) is 0 Å². The number of benzene rings is 1. The smallest absolute Gasteiger partial charge is 0.373 e. The van der Waals surface area contributed by atoms with Gasteiger partial charge in [-0.1, -0.05) is 18.2 Å². The molecule has 0 amide bonds. The van der Waals surface area contributed by atoms with Gasteiger partial charge in [0.25, 0.3) is 0 Å². The molecular weight excluding hydrogens is 232 g/mol. The molecule has 0 unspecified atom stereocenters. The molecule has 5 heteroatoms. The number of para-hydroxylation sites is 1. The Morgan fingerprint density at radius 2 is 2.06 bits per heavy atom. The van der Waals surface area contributed by atoms with E-state index in [0.29, 0.717) is 5.69 Å². The van der Waals surface area contributed by atoms with Crippen LogP contribution in [-0.2, 0) is 0 Å². The number of aromatic nitrogens is 2. The van der Waals surface area contributed by atoms with E-state index in [9.17, 15) is 4.79 Å². The van der Waals surface area contributed by atoms with Crippen LogP contribution in [0.15, 0.2) is 47.2 Å². The Labute approximate surface area is 102 Å². The number of hydrogen-bond donors (Lipinski definition) is 1. The average Bonchev–Trinajstić information content (AvgIpc) is 2.82. The second-order valence-corrected chi connectivity index (χ2v) is 3.72. The standard InChI is InChI=1S/C13H8N2O3/c16-13(17)12-14-6-5-10(15-12)9-7-18-11-4-2-1-3-8(9)11/h1-7H,(H,16,17). The van der Waals surface area contributed by atoms with Gasteiger partial charge in [-0.25, -0.2) is 14.8 Å². The van der Waals surface area contributed by atoms with E-state index in [2.05, 4.69) is 9.97 Å². The van der Waals surface area contributed by atoms with Crippen LogP contribution in [0.25, 0.3) is 22.2 Å². The van der Waals surface area contributed by atoms with Gasteiger partial charge in [0, 0.05) is 17.1 Å². The molecule has 0 atom stereocenters. The summed E-state index contributed by atoms with van der Waals surface area (Å²) < 4.78 is 5.40. The highest BCUT2D eigenvalue weighted by Gasteiger charge is 2.12. The molecule has 0 spiro atoms. The number of furan rings is 1. The summed E-state index contributed by atoms with van der Waals surface area (Å²) in [4.78, 5) is 18.5. The molecule has 0 aliphatic heterocycles. The third kappa shape index (κ3) is 1.62. The van der Waals surface area contributed by atoms with Crippen molar-refractivity contribution >= 4 is 16.9 Å². The number of fused-ring (bicyclic) bond motifs is 1. The molecular formula is C13H8N2O3. The molecule has 2 heterocycles. The Balaban J connectivity index is 2.20. The first-order valence-electron chi connectivity index (χ1n) is 5.28. The van der Waals surface area contributed by atoms with Gasteiger partial charge in [-0.3, -0.25) is 0 Å². The molecule has 0 aliphatic rings. The summed E-state index contributed by atoms with van der Waals surface area (Å²) in [5, 5.41) is 9.77. The van der Waals surface area contributed by atoms with Crippen LogP contribution in [0.1, 0.15) is 10.6 Å². The molecule has 2 aromatic heterocycles. The van der Waals surface area contributed by atoms with Crippen LogP contribution in [0, 0.1) is 0 Å². The van der Waals surface area contributed by atoms with Gasteiger partial charge in [0.05, 0.1) is 5.69 Å². The Hall–Kier alpha value is -2.69. The minimum atomic E-state index is -1.15. The highest BCUT2D eigenvalue weighted by atomic mass is 16.4.